The molecule has 238 valence electrons. The number of nitrogens with one attached hydrogen (secondary N) is 3. The van der Waals surface area contributed by atoms with Crippen LogP contribution in [0.25, 0.3) is 16.6 Å². The topological polar surface area (TPSA) is 141 Å². The van der Waals surface area contributed by atoms with Gasteiger partial charge in [-0.15, -0.1) is 5.10 Å². The summed E-state index contributed by atoms with van der Waals surface area (Å²) in [7, 11) is 3.22. The number of methoxy groups -OCH3 is 2. The van der Waals surface area contributed by atoms with Gasteiger partial charge in [0.1, 0.15) is 35.2 Å². The van der Waals surface area contributed by atoms with Crippen LogP contribution in [-0.2, 0) is 19.6 Å². The van der Waals surface area contributed by atoms with E-state index < -0.39 is 17.5 Å². The van der Waals surface area contributed by atoms with Crippen LogP contribution in [0.4, 0.5) is 20.4 Å². The highest BCUT2D eigenvalue weighted by molar-refractivity contribution is 5.98. The van der Waals surface area contributed by atoms with Crippen LogP contribution < -0.4 is 25.4 Å². The van der Waals surface area contributed by atoms with E-state index in [2.05, 4.69) is 41.2 Å². The SMILES string of the molecule is COc1ccc(CNc2ncnc3ccc(-n4cc(CNc5ncccc5C(=O)NCc5ccc(F)c(F)c5)nn4)cc23)c(OC)c1. The number of fused-ring (bicyclic) bond motifs is 1. The van der Waals surface area contributed by atoms with E-state index in [1.54, 1.807) is 43.4 Å². The van der Waals surface area contributed by atoms with Crippen molar-refractivity contribution in [3.8, 4) is 17.2 Å². The molecule has 12 nitrogen and oxygen atoms in total. The minimum Gasteiger partial charge on any atom is -0.497 e. The highest BCUT2D eigenvalue weighted by Gasteiger charge is 2.14. The van der Waals surface area contributed by atoms with E-state index in [1.807, 2.05) is 36.4 Å². The molecule has 1 amide bonds. The van der Waals surface area contributed by atoms with E-state index in [0.29, 0.717) is 40.9 Å². The molecule has 0 saturated heterocycles. The summed E-state index contributed by atoms with van der Waals surface area (Å²) < 4.78 is 39.2. The fourth-order valence-electron chi connectivity index (χ4n) is 4.84. The molecule has 3 heterocycles. The largest absolute Gasteiger partial charge is 0.497 e. The molecule has 6 aromatic rings. The predicted octanol–water partition coefficient (Wildman–Crippen LogP) is 5.06. The molecule has 47 heavy (non-hydrogen) atoms. The zero-order chi connectivity index (χ0) is 32.8. The van der Waals surface area contributed by atoms with Gasteiger partial charge in [0, 0.05) is 36.3 Å². The molecule has 0 fully saturated rings. The van der Waals surface area contributed by atoms with E-state index in [9.17, 15) is 13.6 Å². The Morgan fingerprint density at radius 2 is 1.72 bits per heavy atom. The minimum absolute atomic E-state index is 0.0163. The van der Waals surface area contributed by atoms with Crippen LogP contribution in [0.3, 0.4) is 0 Å². The molecule has 0 bridgehead atoms. The summed E-state index contributed by atoms with van der Waals surface area (Å²) in [5.74, 6) is 0.0114. The Hall–Kier alpha value is -6.18. The lowest BCUT2D eigenvalue weighted by molar-refractivity contribution is 0.0951. The number of carbonyl (C=O) groups is 1. The zero-order valence-electron chi connectivity index (χ0n) is 25.4. The average molecular weight is 638 g/mol. The number of halogens is 2. The number of amides is 1. The minimum atomic E-state index is -0.978. The number of hydrogen-bond acceptors (Lipinski definition) is 10. The van der Waals surface area contributed by atoms with Crippen molar-refractivity contribution in [2.45, 2.75) is 19.6 Å². The number of aromatic nitrogens is 6. The number of carbonyl (C=O) groups excluding carboxylic acids is 1. The second-order valence-corrected chi connectivity index (χ2v) is 10.3. The first-order valence-electron chi connectivity index (χ1n) is 14.4. The van der Waals surface area contributed by atoms with Gasteiger partial charge in [-0.05, 0) is 60.2 Å². The van der Waals surface area contributed by atoms with Gasteiger partial charge < -0.3 is 25.4 Å². The molecular weight excluding hydrogens is 608 g/mol. The Morgan fingerprint density at radius 3 is 2.55 bits per heavy atom. The normalized spacial score (nSPS) is 10.9. The molecule has 14 heteroatoms. The van der Waals surface area contributed by atoms with Gasteiger partial charge in [0.2, 0.25) is 0 Å². The Labute approximate surface area is 267 Å². The lowest BCUT2D eigenvalue weighted by Gasteiger charge is -2.13. The molecule has 0 unspecified atom stereocenters. The second kappa shape index (κ2) is 13.9. The van der Waals surface area contributed by atoms with Crippen molar-refractivity contribution in [1.82, 2.24) is 35.3 Å². The van der Waals surface area contributed by atoms with Crippen LogP contribution >= 0.6 is 0 Å². The smallest absolute Gasteiger partial charge is 0.255 e. The number of rotatable bonds is 12. The number of hydrogen-bond donors (Lipinski definition) is 3. The zero-order valence-corrected chi connectivity index (χ0v) is 25.4. The maximum absolute atomic E-state index is 13.5. The van der Waals surface area contributed by atoms with Gasteiger partial charge in [0.05, 0.1) is 43.7 Å². The number of ether oxygens (including phenoxy) is 2. The summed E-state index contributed by atoms with van der Waals surface area (Å²) in [6.45, 7) is 0.705. The third kappa shape index (κ3) is 7.06. The summed E-state index contributed by atoms with van der Waals surface area (Å²) >= 11 is 0. The van der Waals surface area contributed by atoms with Crippen LogP contribution in [0.5, 0.6) is 11.5 Å². The molecule has 0 aliphatic rings. The fraction of sp³-hybridized carbons (Fsp3) is 0.152. The van der Waals surface area contributed by atoms with Gasteiger partial charge in [-0.1, -0.05) is 11.3 Å². The molecule has 0 radical (unpaired) electrons. The van der Waals surface area contributed by atoms with E-state index in [0.717, 1.165) is 34.3 Å². The molecule has 0 spiro atoms. The van der Waals surface area contributed by atoms with Crippen molar-refractivity contribution in [3.05, 3.63) is 119 Å². The predicted molar refractivity (Wildman–Crippen MR) is 170 cm³/mol. The third-order valence-electron chi connectivity index (χ3n) is 7.29. The van der Waals surface area contributed by atoms with Gasteiger partial charge in [-0.2, -0.15) is 0 Å². The molecule has 3 aromatic heterocycles. The van der Waals surface area contributed by atoms with Crippen molar-refractivity contribution in [3.63, 3.8) is 0 Å². The van der Waals surface area contributed by atoms with Crippen molar-refractivity contribution in [1.29, 1.82) is 0 Å². The standard InChI is InChI=1S/C33H29F2N9O3/c1-46-24-8-6-21(30(14-24)47-2)16-37-32-26-13-23(7-10-29(26)40-19-41-32)44-18-22(42-43-44)17-38-31-25(4-3-11-36-31)33(45)39-15-20-5-9-27(34)28(35)12-20/h3-14,18-19H,15-17H2,1-2H3,(H,36,38)(H,39,45)(H,37,40,41). The first-order valence-corrected chi connectivity index (χ1v) is 14.4. The number of pyridine rings is 1. The molecule has 0 aliphatic heterocycles. The van der Waals surface area contributed by atoms with Crippen LogP contribution in [0.2, 0.25) is 0 Å². The van der Waals surface area contributed by atoms with Crippen molar-refractivity contribution in [2.75, 3.05) is 24.9 Å². The highest BCUT2D eigenvalue weighted by atomic mass is 19.2. The summed E-state index contributed by atoms with van der Waals surface area (Å²) in [6, 6.07) is 18.0. The number of nitrogens with zero attached hydrogens (tertiary/aromatic N) is 6. The van der Waals surface area contributed by atoms with Crippen LogP contribution in [-0.4, -0.2) is 50.1 Å². The molecule has 0 atom stereocenters. The first-order chi connectivity index (χ1) is 22.9. The Morgan fingerprint density at radius 1 is 0.851 bits per heavy atom. The van der Waals surface area contributed by atoms with E-state index in [-0.39, 0.29) is 18.7 Å². The van der Waals surface area contributed by atoms with Gasteiger partial charge >= 0.3 is 0 Å². The van der Waals surface area contributed by atoms with Gasteiger partial charge in [-0.25, -0.2) is 28.4 Å². The second-order valence-electron chi connectivity index (χ2n) is 10.3. The van der Waals surface area contributed by atoms with Gasteiger partial charge in [-0.3, -0.25) is 4.79 Å². The first kappa shape index (κ1) is 30.8. The highest BCUT2D eigenvalue weighted by Crippen LogP contribution is 2.27. The molecule has 3 N–H and O–H groups in total. The molecule has 0 aliphatic carbocycles. The quantitative estimate of drug-likeness (QED) is 0.167. The summed E-state index contributed by atoms with van der Waals surface area (Å²) in [6.07, 6.45) is 4.82. The van der Waals surface area contributed by atoms with Crippen LogP contribution in [0.1, 0.15) is 27.2 Å². The number of benzene rings is 3. The Kier molecular flexibility index (Phi) is 9.09. The average Bonchev–Trinajstić information content (AvgIpc) is 3.59. The van der Waals surface area contributed by atoms with Crippen LogP contribution in [0.15, 0.2) is 85.5 Å². The Bertz CT molecular complexity index is 2050. The molecular formula is C33H29F2N9O3. The lowest BCUT2D eigenvalue weighted by atomic mass is 10.1. The monoisotopic (exact) mass is 637 g/mol. The fourth-order valence-corrected chi connectivity index (χ4v) is 4.84. The third-order valence-corrected chi connectivity index (χ3v) is 7.29. The summed E-state index contributed by atoms with van der Waals surface area (Å²) in [5.41, 5.74) is 3.73. The van der Waals surface area contributed by atoms with Crippen molar-refractivity contribution < 1.29 is 23.0 Å². The van der Waals surface area contributed by atoms with Crippen molar-refractivity contribution >= 4 is 28.4 Å². The molecule has 6 rings (SSSR count). The lowest BCUT2D eigenvalue weighted by Crippen LogP contribution is -2.24. The van der Waals surface area contributed by atoms with E-state index >= 15 is 0 Å². The maximum Gasteiger partial charge on any atom is 0.255 e. The van der Waals surface area contributed by atoms with E-state index in [1.165, 1.54) is 12.4 Å². The van der Waals surface area contributed by atoms with Gasteiger partial charge in [0.15, 0.2) is 11.6 Å². The van der Waals surface area contributed by atoms with Gasteiger partial charge in [0.25, 0.3) is 5.91 Å². The Balaban J connectivity index is 1.13. The summed E-state index contributed by atoms with van der Waals surface area (Å²) in [5, 5.41) is 18.6. The van der Waals surface area contributed by atoms with Crippen molar-refractivity contribution in [2.24, 2.45) is 0 Å². The molecule has 3 aromatic carbocycles. The molecule has 0 saturated carbocycles. The number of anilines is 2. The van der Waals surface area contributed by atoms with Crippen LogP contribution in [0, 0.1) is 11.6 Å². The van der Waals surface area contributed by atoms with E-state index in [4.69, 9.17) is 9.47 Å². The summed E-state index contributed by atoms with van der Waals surface area (Å²) in [4.78, 5) is 26.0. The maximum atomic E-state index is 13.5.